The molecule has 14 heavy (non-hydrogen) atoms. The van der Waals surface area contributed by atoms with Gasteiger partial charge in [0.25, 0.3) is 0 Å². The van der Waals surface area contributed by atoms with Crippen molar-refractivity contribution in [3.8, 4) is 0 Å². The second-order valence-electron chi connectivity index (χ2n) is 4.13. The summed E-state index contributed by atoms with van der Waals surface area (Å²) in [6.07, 6.45) is 1.94. The molecule has 1 unspecified atom stereocenters. The summed E-state index contributed by atoms with van der Waals surface area (Å²) in [5, 5.41) is 9.29. The van der Waals surface area contributed by atoms with Crippen molar-refractivity contribution in [2.45, 2.75) is 26.7 Å². The van der Waals surface area contributed by atoms with E-state index in [4.69, 9.17) is 0 Å². The van der Waals surface area contributed by atoms with Crippen LogP contribution in [0.5, 0.6) is 0 Å². The zero-order chi connectivity index (χ0) is 10.6. The van der Waals surface area contributed by atoms with Crippen molar-refractivity contribution in [2.24, 2.45) is 5.41 Å². The van der Waals surface area contributed by atoms with Gasteiger partial charge in [-0.2, -0.15) is 0 Å². The van der Waals surface area contributed by atoms with Crippen LogP contribution in [0, 0.1) is 5.41 Å². The molecular formula is C12H17BrO. The summed E-state index contributed by atoms with van der Waals surface area (Å²) in [4.78, 5) is 0. The van der Waals surface area contributed by atoms with Crippen molar-refractivity contribution in [3.63, 3.8) is 0 Å². The Morgan fingerprint density at radius 3 is 2.29 bits per heavy atom. The molecule has 0 aromatic heterocycles. The van der Waals surface area contributed by atoms with Crippen LogP contribution in [0.2, 0.25) is 0 Å². The van der Waals surface area contributed by atoms with Crippen molar-refractivity contribution in [2.75, 3.05) is 6.61 Å². The molecule has 0 heterocycles. The van der Waals surface area contributed by atoms with Crippen LogP contribution in [0.4, 0.5) is 0 Å². The Bertz CT molecular complexity index is 275. The molecule has 0 aliphatic rings. The molecule has 0 bridgehead atoms. The number of hydrogen-bond acceptors (Lipinski definition) is 1. The van der Waals surface area contributed by atoms with Crippen molar-refractivity contribution < 1.29 is 5.11 Å². The first kappa shape index (κ1) is 11.7. The third kappa shape index (κ3) is 3.10. The SMILES string of the molecule is CCC(C)(CO)Cc1ccc(Br)cc1. The lowest BCUT2D eigenvalue weighted by molar-refractivity contribution is 0.138. The Morgan fingerprint density at radius 2 is 1.86 bits per heavy atom. The number of rotatable bonds is 4. The minimum absolute atomic E-state index is 0.0217. The van der Waals surface area contributed by atoms with E-state index >= 15 is 0 Å². The Labute approximate surface area is 94.3 Å². The monoisotopic (exact) mass is 256 g/mol. The van der Waals surface area contributed by atoms with Crippen molar-refractivity contribution in [3.05, 3.63) is 34.3 Å². The molecule has 0 fully saturated rings. The molecule has 0 aliphatic heterocycles. The van der Waals surface area contributed by atoms with Gasteiger partial charge in [-0.15, -0.1) is 0 Å². The molecule has 1 nitrogen and oxygen atoms in total. The quantitative estimate of drug-likeness (QED) is 0.876. The number of aliphatic hydroxyl groups is 1. The summed E-state index contributed by atoms with van der Waals surface area (Å²) in [5.41, 5.74) is 1.31. The van der Waals surface area contributed by atoms with E-state index in [-0.39, 0.29) is 12.0 Å². The third-order valence-electron chi connectivity index (χ3n) is 2.78. The Hall–Kier alpha value is -0.340. The summed E-state index contributed by atoms with van der Waals surface area (Å²) in [6, 6.07) is 8.30. The lowest BCUT2D eigenvalue weighted by atomic mass is 9.82. The van der Waals surface area contributed by atoms with E-state index in [0.29, 0.717) is 0 Å². The fourth-order valence-electron chi connectivity index (χ4n) is 1.39. The minimum atomic E-state index is 0.0217. The minimum Gasteiger partial charge on any atom is -0.396 e. The highest BCUT2D eigenvalue weighted by atomic mass is 79.9. The molecule has 0 amide bonds. The lowest BCUT2D eigenvalue weighted by Gasteiger charge is -2.25. The average molecular weight is 257 g/mol. The highest BCUT2D eigenvalue weighted by Crippen LogP contribution is 2.26. The Balaban J connectivity index is 2.72. The third-order valence-corrected chi connectivity index (χ3v) is 3.31. The van der Waals surface area contributed by atoms with E-state index in [9.17, 15) is 5.11 Å². The Morgan fingerprint density at radius 1 is 1.29 bits per heavy atom. The fraction of sp³-hybridized carbons (Fsp3) is 0.500. The maximum absolute atomic E-state index is 9.29. The number of benzene rings is 1. The first-order valence-electron chi connectivity index (χ1n) is 4.95. The van der Waals surface area contributed by atoms with Gasteiger partial charge in [-0.1, -0.05) is 41.9 Å². The van der Waals surface area contributed by atoms with E-state index in [1.807, 2.05) is 12.1 Å². The Kier molecular flexibility index (Phi) is 4.14. The van der Waals surface area contributed by atoms with Gasteiger partial charge in [0.1, 0.15) is 0 Å². The second-order valence-corrected chi connectivity index (χ2v) is 5.04. The molecule has 78 valence electrons. The normalized spacial score (nSPS) is 15.1. The summed E-state index contributed by atoms with van der Waals surface area (Å²) < 4.78 is 1.10. The molecule has 0 spiro atoms. The van der Waals surface area contributed by atoms with E-state index in [0.717, 1.165) is 17.3 Å². The van der Waals surface area contributed by atoms with Gasteiger partial charge < -0.3 is 5.11 Å². The first-order valence-corrected chi connectivity index (χ1v) is 5.74. The van der Waals surface area contributed by atoms with E-state index < -0.39 is 0 Å². The lowest BCUT2D eigenvalue weighted by Crippen LogP contribution is -2.23. The van der Waals surface area contributed by atoms with Gasteiger partial charge in [0, 0.05) is 11.1 Å². The average Bonchev–Trinajstić information content (AvgIpc) is 2.21. The van der Waals surface area contributed by atoms with Gasteiger partial charge in [0.2, 0.25) is 0 Å². The number of halogens is 1. The number of aliphatic hydroxyl groups excluding tert-OH is 1. The van der Waals surface area contributed by atoms with Crippen LogP contribution in [0.3, 0.4) is 0 Å². The zero-order valence-electron chi connectivity index (χ0n) is 8.76. The molecule has 1 rings (SSSR count). The molecule has 0 saturated heterocycles. The maximum atomic E-state index is 9.29. The summed E-state index contributed by atoms with van der Waals surface area (Å²) in [5.74, 6) is 0. The molecule has 2 heteroatoms. The molecule has 1 aromatic carbocycles. The first-order chi connectivity index (χ1) is 6.59. The standard InChI is InChI=1S/C12H17BrO/c1-3-12(2,9-14)8-10-4-6-11(13)7-5-10/h4-7,14H,3,8-9H2,1-2H3. The maximum Gasteiger partial charge on any atom is 0.0487 e. The van der Waals surface area contributed by atoms with Crippen LogP contribution in [0.25, 0.3) is 0 Å². The fourth-order valence-corrected chi connectivity index (χ4v) is 1.65. The predicted octanol–water partition coefficient (Wildman–Crippen LogP) is 3.40. The summed E-state index contributed by atoms with van der Waals surface area (Å²) >= 11 is 3.41. The van der Waals surface area contributed by atoms with Gasteiger partial charge in [-0.25, -0.2) is 0 Å². The van der Waals surface area contributed by atoms with Crippen LogP contribution >= 0.6 is 15.9 Å². The van der Waals surface area contributed by atoms with E-state index in [2.05, 4.69) is 41.9 Å². The van der Waals surface area contributed by atoms with Crippen molar-refractivity contribution in [1.82, 2.24) is 0 Å². The molecular weight excluding hydrogens is 240 g/mol. The van der Waals surface area contributed by atoms with Gasteiger partial charge in [-0.05, 0) is 36.0 Å². The molecule has 0 radical (unpaired) electrons. The number of hydrogen-bond donors (Lipinski definition) is 1. The second kappa shape index (κ2) is 4.94. The van der Waals surface area contributed by atoms with Gasteiger partial charge in [0.15, 0.2) is 0 Å². The zero-order valence-corrected chi connectivity index (χ0v) is 10.3. The van der Waals surface area contributed by atoms with Gasteiger partial charge in [-0.3, -0.25) is 0 Å². The topological polar surface area (TPSA) is 20.2 Å². The molecule has 0 aliphatic carbocycles. The largest absolute Gasteiger partial charge is 0.396 e. The molecule has 1 N–H and O–H groups in total. The van der Waals surface area contributed by atoms with Gasteiger partial charge >= 0.3 is 0 Å². The highest BCUT2D eigenvalue weighted by molar-refractivity contribution is 9.10. The van der Waals surface area contributed by atoms with Gasteiger partial charge in [0.05, 0.1) is 0 Å². The van der Waals surface area contributed by atoms with Crippen LogP contribution < -0.4 is 0 Å². The van der Waals surface area contributed by atoms with E-state index in [1.54, 1.807) is 0 Å². The molecule has 0 saturated carbocycles. The molecule has 1 atom stereocenters. The van der Waals surface area contributed by atoms with Crippen LogP contribution in [-0.2, 0) is 6.42 Å². The van der Waals surface area contributed by atoms with Crippen molar-refractivity contribution >= 4 is 15.9 Å². The van der Waals surface area contributed by atoms with Crippen LogP contribution in [0.1, 0.15) is 25.8 Å². The van der Waals surface area contributed by atoms with Crippen molar-refractivity contribution in [1.29, 1.82) is 0 Å². The highest BCUT2D eigenvalue weighted by Gasteiger charge is 2.21. The molecule has 1 aromatic rings. The summed E-state index contributed by atoms with van der Waals surface area (Å²) in [6.45, 7) is 4.49. The van der Waals surface area contributed by atoms with E-state index in [1.165, 1.54) is 5.56 Å². The van der Waals surface area contributed by atoms with Crippen LogP contribution in [0.15, 0.2) is 28.7 Å². The predicted molar refractivity (Wildman–Crippen MR) is 63.3 cm³/mol. The summed E-state index contributed by atoms with van der Waals surface area (Å²) in [7, 11) is 0. The van der Waals surface area contributed by atoms with Crippen LogP contribution in [-0.4, -0.2) is 11.7 Å². The smallest absolute Gasteiger partial charge is 0.0487 e.